The van der Waals surface area contributed by atoms with Crippen LogP contribution in [0.2, 0.25) is 5.02 Å². The van der Waals surface area contributed by atoms with Crippen LogP contribution in [0.1, 0.15) is 48.7 Å². The molecule has 1 aromatic carbocycles. The van der Waals surface area contributed by atoms with E-state index in [4.69, 9.17) is 22.3 Å². The van der Waals surface area contributed by atoms with Gasteiger partial charge in [0.05, 0.1) is 10.2 Å². The van der Waals surface area contributed by atoms with Gasteiger partial charge in [0.2, 0.25) is 0 Å². The molecule has 0 aliphatic heterocycles. The second-order valence-electron chi connectivity index (χ2n) is 5.51. The van der Waals surface area contributed by atoms with Crippen LogP contribution >= 0.6 is 27.5 Å². The van der Waals surface area contributed by atoms with Crippen LogP contribution in [0, 0.1) is 0 Å². The third kappa shape index (κ3) is 3.38. The van der Waals surface area contributed by atoms with Gasteiger partial charge < -0.3 is 5.73 Å². The quantitative estimate of drug-likeness (QED) is 0.855. The van der Waals surface area contributed by atoms with Gasteiger partial charge in [-0.15, -0.1) is 0 Å². The molecule has 1 fully saturated rings. The molecule has 0 unspecified atom stereocenters. The van der Waals surface area contributed by atoms with Crippen LogP contribution in [0.5, 0.6) is 0 Å². The van der Waals surface area contributed by atoms with Gasteiger partial charge in [0.1, 0.15) is 11.6 Å². The minimum Gasteiger partial charge on any atom is -0.383 e. The normalized spacial score (nSPS) is 15.5. The first kappa shape index (κ1) is 14.8. The summed E-state index contributed by atoms with van der Waals surface area (Å²) >= 11 is 9.47. The van der Waals surface area contributed by atoms with Gasteiger partial charge in [-0.3, -0.25) is 0 Å². The molecule has 5 heteroatoms. The van der Waals surface area contributed by atoms with Crippen molar-refractivity contribution in [3.05, 3.63) is 50.8 Å². The number of hydrogen-bond acceptors (Lipinski definition) is 3. The molecule has 0 bridgehead atoms. The maximum atomic E-state index is 6.05. The molecular formula is C16H17BrClN3. The monoisotopic (exact) mass is 365 g/mol. The van der Waals surface area contributed by atoms with E-state index in [2.05, 4.69) is 20.9 Å². The SMILES string of the molecule is Nc1nc(Cc2ccc(Cl)cc2)nc(C2CCCC2)c1Br. The molecule has 2 N–H and O–H groups in total. The molecule has 0 amide bonds. The van der Waals surface area contributed by atoms with Gasteiger partial charge in [0.25, 0.3) is 0 Å². The van der Waals surface area contributed by atoms with E-state index in [1.165, 1.54) is 25.7 Å². The lowest BCUT2D eigenvalue weighted by Crippen LogP contribution is -2.08. The first-order valence-corrected chi connectivity index (χ1v) is 8.37. The van der Waals surface area contributed by atoms with Crippen molar-refractivity contribution in [2.45, 2.75) is 38.0 Å². The van der Waals surface area contributed by atoms with Gasteiger partial charge in [-0.25, -0.2) is 9.97 Å². The predicted molar refractivity (Wildman–Crippen MR) is 89.6 cm³/mol. The fourth-order valence-electron chi connectivity index (χ4n) is 2.87. The molecule has 1 aromatic heterocycles. The summed E-state index contributed by atoms with van der Waals surface area (Å²) in [6, 6.07) is 7.77. The molecule has 3 nitrogen and oxygen atoms in total. The lowest BCUT2D eigenvalue weighted by Gasteiger charge is -2.14. The summed E-state index contributed by atoms with van der Waals surface area (Å²) in [4.78, 5) is 9.17. The van der Waals surface area contributed by atoms with Crippen molar-refractivity contribution in [3.8, 4) is 0 Å². The largest absolute Gasteiger partial charge is 0.383 e. The van der Waals surface area contributed by atoms with E-state index in [0.717, 1.165) is 26.6 Å². The first-order valence-electron chi connectivity index (χ1n) is 7.19. The maximum Gasteiger partial charge on any atom is 0.141 e. The Bertz CT molecular complexity index is 637. The molecule has 0 radical (unpaired) electrons. The number of halogens is 2. The average Bonchev–Trinajstić information content (AvgIpc) is 2.99. The number of rotatable bonds is 3. The van der Waals surface area contributed by atoms with Crippen LogP contribution in [0.25, 0.3) is 0 Å². The van der Waals surface area contributed by atoms with Crippen molar-refractivity contribution in [1.82, 2.24) is 9.97 Å². The van der Waals surface area contributed by atoms with Crippen LogP contribution in [0.4, 0.5) is 5.82 Å². The van der Waals surface area contributed by atoms with Crippen LogP contribution in [-0.4, -0.2) is 9.97 Å². The van der Waals surface area contributed by atoms with E-state index in [0.29, 0.717) is 18.2 Å². The Labute approximate surface area is 138 Å². The lowest BCUT2D eigenvalue weighted by molar-refractivity contribution is 0.682. The van der Waals surface area contributed by atoms with Gasteiger partial charge in [0, 0.05) is 17.4 Å². The van der Waals surface area contributed by atoms with E-state index in [1.54, 1.807) is 0 Å². The van der Waals surface area contributed by atoms with Crippen molar-refractivity contribution < 1.29 is 0 Å². The molecule has 21 heavy (non-hydrogen) atoms. The first-order chi connectivity index (χ1) is 10.1. The highest BCUT2D eigenvalue weighted by Gasteiger charge is 2.23. The second kappa shape index (κ2) is 6.32. The van der Waals surface area contributed by atoms with E-state index >= 15 is 0 Å². The number of nitrogens with two attached hydrogens (primary N) is 1. The van der Waals surface area contributed by atoms with Gasteiger partial charge in [0.15, 0.2) is 0 Å². The third-order valence-corrected chi connectivity index (χ3v) is 5.03. The summed E-state index contributed by atoms with van der Waals surface area (Å²) < 4.78 is 0.870. The maximum absolute atomic E-state index is 6.05. The fourth-order valence-corrected chi connectivity index (χ4v) is 3.49. The second-order valence-corrected chi connectivity index (χ2v) is 6.74. The smallest absolute Gasteiger partial charge is 0.141 e. The van der Waals surface area contributed by atoms with Gasteiger partial charge in [-0.1, -0.05) is 36.6 Å². The fraction of sp³-hybridized carbons (Fsp3) is 0.375. The Morgan fingerprint density at radius 1 is 1.14 bits per heavy atom. The molecule has 1 aliphatic rings. The summed E-state index contributed by atoms with van der Waals surface area (Å²) in [5.41, 5.74) is 8.26. The molecule has 3 rings (SSSR count). The Morgan fingerprint density at radius 3 is 2.48 bits per heavy atom. The Balaban J connectivity index is 1.90. The topological polar surface area (TPSA) is 51.8 Å². The highest BCUT2D eigenvalue weighted by molar-refractivity contribution is 9.10. The van der Waals surface area contributed by atoms with Crippen molar-refractivity contribution in [2.24, 2.45) is 0 Å². The lowest BCUT2D eigenvalue weighted by atomic mass is 10.0. The number of anilines is 1. The minimum atomic E-state index is 0.508. The van der Waals surface area contributed by atoms with Crippen LogP contribution in [0.15, 0.2) is 28.7 Å². The Hall–Kier alpha value is -1.13. The molecule has 0 atom stereocenters. The zero-order chi connectivity index (χ0) is 14.8. The highest BCUT2D eigenvalue weighted by Crippen LogP contribution is 2.38. The molecule has 2 aromatic rings. The number of nitrogen functional groups attached to an aromatic ring is 1. The van der Waals surface area contributed by atoms with Crippen LogP contribution in [-0.2, 0) is 6.42 Å². The van der Waals surface area contributed by atoms with E-state index in [-0.39, 0.29) is 0 Å². The standard InChI is InChI=1S/C16H17BrClN3/c17-14-15(11-3-1-2-4-11)20-13(21-16(14)19)9-10-5-7-12(18)8-6-10/h5-8,11H,1-4,9H2,(H2,19,20,21). The van der Waals surface area contributed by atoms with Gasteiger partial charge in [-0.2, -0.15) is 0 Å². The van der Waals surface area contributed by atoms with Crippen molar-refractivity contribution in [3.63, 3.8) is 0 Å². The summed E-state index contributed by atoms with van der Waals surface area (Å²) in [7, 11) is 0. The summed E-state index contributed by atoms with van der Waals surface area (Å²) in [6.07, 6.45) is 5.60. The molecule has 110 valence electrons. The van der Waals surface area contributed by atoms with E-state index < -0.39 is 0 Å². The molecular weight excluding hydrogens is 350 g/mol. The molecule has 0 saturated heterocycles. The van der Waals surface area contributed by atoms with Crippen molar-refractivity contribution in [2.75, 3.05) is 5.73 Å². The summed E-state index contributed by atoms with van der Waals surface area (Å²) in [5, 5.41) is 0.738. The van der Waals surface area contributed by atoms with Crippen LogP contribution in [0.3, 0.4) is 0 Å². The van der Waals surface area contributed by atoms with Crippen LogP contribution < -0.4 is 5.73 Å². The Kier molecular flexibility index (Phi) is 4.45. The average molecular weight is 367 g/mol. The van der Waals surface area contributed by atoms with E-state index in [1.807, 2.05) is 24.3 Å². The van der Waals surface area contributed by atoms with Crippen molar-refractivity contribution >= 4 is 33.3 Å². The van der Waals surface area contributed by atoms with Crippen molar-refractivity contribution in [1.29, 1.82) is 0 Å². The molecule has 1 aliphatic carbocycles. The zero-order valence-corrected chi connectivity index (χ0v) is 14.0. The minimum absolute atomic E-state index is 0.508. The third-order valence-electron chi connectivity index (χ3n) is 3.97. The molecule has 1 heterocycles. The van der Waals surface area contributed by atoms with Gasteiger partial charge >= 0.3 is 0 Å². The summed E-state index contributed by atoms with van der Waals surface area (Å²) in [6.45, 7) is 0. The number of aromatic nitrogens is 2. The highest BCUT2D eigenvalue weighted by atomic mass is 79.9. The Morgan fingerprint density at radius 2 is 1.81 bits per heavy atom. The number of hydrogen-bond donors (Lipinski definition) is 1. The number of nitrogens with zero attached hydrogens (tertiary/aromatic N) is 2. The number of benzene rings is 1. The van der Waals surface area contributed by atoms with Gasteiger partial charge in [-0.05, 0) is 46.5 Å². The molecule has 1 saturated carbocycles. The van der Waals surface area contributed by atoms with E-state index in [9.17, 15) is 0 Å². The predicted octanol–water partition coefficient (Wildman–Crippen LogP) is 4.72. The molecule has 0 spiro atoms. The summed E-state index contributed by atoms with van der Waals surface area (Å²) in [5.74, 6) is 1.82. The zero-order valence-electron chi connectivity index (χ0n) is 11.6.